The largest absolute Gasteiger partial charge is 0.481 e. The van der Waals surface area contributed by atoms with E-state index in [1.54, 1.807) is 18.2 Å². The van der Waals surface area contributed by atoms with Crippen molar-refractivity contribution in [3.8, 4) is 5.75 Å². The van der Waals surface area contributed by atoms with Crippen molar-refractivity contribution in [3.63, 3.8) is 0 Å². The number of hydrogen-bond donors (Lipinski definition) is 0. The van der Waals surface area contributed by atoms with Gasteiger partial charge in [0.05, 0.1) is 12.2 Å². The number of ether oxygens (including phenoxy) is 2. The van der Waals surface area contributed by atoms with Crippen molar-refractivity contribution in [3.05, 3.63) is 28.2 Å². The molecule has 2 aliphatic heterocycles. The van der Waals surface area contributed by atoms with E-state index in [1.807, 2.05) is 0 Å². The molecule has 3 nitrogen and oxygen atoms in total. The molecular weight excluding hydrogens is 303 g/mol. The first-order chi connectivity index (χ1) is 8.62. The lowest BCUT2D eigenvalue weighted by molar-refractivity contribution is -0.104. The van der Waals surface area contributed by atoms with Gasteiger partial charge in [-0.25, -0.2) is 4.39 Å². The average Bonchev–Trinajstić information content (AvgIpc) is 2.39. The van der Waals surface area contributed by atoms with Gasteiger partial charge in [0.2, 0.25) is 12.0 Å². The maximum absolute atomic E-state index is 14.4. The minimum absolute atomic E-state index is 0.134. The number of hydrogen-bond acceptors (Lipinski definition) is 3. The van der Waals surface area contributed by atoms with Gasteiger partial charge < -0.3 is 9.47 Å². The van der Waals surface area contributed by atoms with Crippen molar-refractivity contribution < 1.29 is 18.7 Å². The van der Waals surface area contributed by atoms with Gasteiger partial charge in [0, 0.05) is 11.1 Å². The highest BCUT2D eigenvalue weighted by molar-refractivity contribution is 9.10. The third-order valence-electron chi connectivity index (χ3n) is 3.45. The van der Waals surface area contributed by atoms with Crippen LogP contribution in [0.15, 0.2) is 22.7 Å². The van der Waals surface area contributed by atoms with Crippen molar-refractivity contribution in [1.29, 1.82) is 0 Å². The second-order valence-electron chi connectivity index (χ2n) is 4.69. The first-order valence-electron chi connectivity index (χ1n) is 5.87. The van der Waals surface area contributed by atoms with Crippen molar-refractivity contribution in [2.24, 2.45) is 0 Å². The molecule has 0 aliphatic carbocycles. The Balaban J connectivity index is 2.04. The molecule has 2 aliphatic rings. The molecule has 0 N–H and O–H groups in total. The highest BCUT2D eigenvalue weighted by Crippen LogP contribution is 2.40. The number of alkyl halides is 1. The SMILES string of the molecule is O=C1c2cc(Br)ccc2OC2(CCCOC2)C1F. The summed E-state index contributed by atoms with van der Waals surface area (Å²) in [5, 5.41) is 0. The highest BCUT2D eigenvalue weighted by Gasteiger charge is 2.51. The zero-order valence-corrected chi connectivity index (χ0v) is 11.2. The molecule has 18 heavy (non-hydrogen) atoms. The summed E-state index contributed by atoms with van der Waals surface area (Å²) < 4.78 is 26.1. The quantitative estimate of drug-likeness (QED) is 0.738. The average molecular weight is 315 g/mol. The molecule has 1 fully saturated rings. The minimum Gasteiger partial charge on any atom is -0.481 e. The molecule has 2 unspecified atom stereocenters. The van der Waals surface area contributed by atoms with E-state index in [9.17, 15) is 9.18 Å². The maximum Gasteiger partial charge on any atom is 0.204 e. The van der Waals surface area contributed by atoms with Crippen LogP contribution in [0.3, 0.4) is 0 Å². The molecule has 96 valence electrons. The van der Waals surface area contributed by atoms with E-state index >= 15 is 0 Å². The van der Waals surface area contributed by atoms with Crippen LogP contribution in [0.2, 0.25) is 0 Å². The van der Waals surface area contributed by atoms with Gasteiger partial charge in [-0.2, -0.15) is 0 Å². The molecule has 3 rings (SSSR count). The number of Topliss-reactive ketones (excluding diaryl/α,β-unsaturated/α-hetero) is 1. The summed E-state index contributed by atoms with van der Waals surface area (Å²) in [6.45, 7) is 0.731. The molecule has 0 saturated carbocycles. The number of ketones is 1. The van der Waals surface area contributed by atoms with E-state index in [4.69, 9.17) is 9.47 Å². The van der Waals surface area contributed by atoms with Gasteiger partial charge in [-0.1, -0.05) is 15.9 Å². The fraction of sp³-hybridized carbons (Fsp3) is 0.462. The van der Waals surface area contributed by atoms with Crippen LogP contribution in [0, 0.1) is 0 Å². The fourth-order valence-corrected chi connectivity index (χ4v) is 2.86. The summed E-state index contributed by atoms with van der Waals surface area (Å²) in [4.78, 5) is 12.1. The number of carbonyl (C=O) groups is 1. The van der Waals surface area contributed by atoms with Gasteiger partial charge in [-0.3, -0.25) is 4.79 Å². The standard InChI is InChI=1S/C13H12BrFO3/c14-8-2-3-10-9(6-8)11(16)12(15)13(18-10)4-1-5-17-7-13/h2-3,6,12H,1,4-5,7H2. The zero-order valence-electron chi connectivity index (χ0n) is 9.62. The Kier molecular flexibility index (Phi) is 2.90. The van der Waals surface area contributed by atoms with E-state index in [1.165, 1.54) is 0 Å². The van der Waals surface area contributed by atoms with Gasteiger partial charge in [0.25, 0.3) is 0 Å². The molecule has 1 aromatic carbocycles. The van der Waals surface area contributed by atoms with Crippen LogP contribution < -0.4 is 4.74 Å². The molecule has 1 spiro atoms. The Morgan fingerprint density at radius 2 is 2.28 bits per heavy atom. The van der Waals surface area contributed by atoms with E-state index in [0.29, 0.717) is 30.8 Å². The lowest BCUT2D eigenvalue weighted by Crippen LogP contribution is -2.57. The highest BCUT2D eigenvalue weighted by atomic mass is 79.9. The van der Waals surface area contributed by atoms with E-state index in [2.05, 4.69) is 15.9 Å². The number of rotatable bonds is 0. The normalized spacial score (nSPS) is 31.0. The maximum atomic E-state index is 14.4. The first kappa shape index (κ1) is 12.1. The number of carbonyl (C=O) groups excluding carboxylic acids is 1. The van der Waals surface area contributed by atoms with Crippen molar-refractivity contribution in [1.82, 2.24) is 0 Å². The van der Waals surface area contributed by atoms with Gasteiger partial charge >= 0.3 is 0 Å². The summed E-state index contributed by atoms with van der Waals surface area (Å²) in [6, 6.07) is 5.07. The van der Waals surface area contributed by atoms with E-state index < -0.39 is 17.6 Å². The molecular formula is C13H12BrFO3. The van der Waals surface area contributed by atoms with Crippen molar-refractivity contribution in [2.45, 2.75) is 24.6 Å². The minimum atomic E-state index is -1.65. The third kappa shape index (κ3) is 1.77. The Hall–Kier alpha value is -0.940. The molecule has 5 heteroatoms. The van der Waals surface area contributed by atoms with E-state index in [0.717, 1.165) is 4.47 Å². The van der Waals surface area contributed by atoms with Crippen LogP contribution >= 0.6 is 15.9 Å². The van der Waals surface area contributed by atoms with Crippen LogP contribution in [-0.2, 0) is 4.74 Å². The van der Waals surface area contributed by atoms with Crippen LogP contribution in [0.4, 0.5) is 4.39 Å². The van der Waals surface area contributed by atoms with Gasteiger partial charge in [0.1, 0.15) is 5.75 Å². The Morgan fingerprint density at radius 3 is 3.00 bits per heavy atom. The Bertz CT molecular complexity index is 497. The Morgan fingerprint density at radius 1 is 1.44 bits per heavy atom. The van der Waals surface area contributed by atoms with Gasteiger partial charge in [0.15, 0.2) is 5.60 Å². The molecule has 2 heterocycles. The molecule has 0 bridgehead atoms. The predicted molar refractivity (Wildman–Crippen MR) is 66.8 cm³/mol. The van der Waals surface area contributed by atoms with Crippen LogP contribution in [0.5, 0.6) is 5.75 Å². The molecule has 2 atom stereocenters. The van der Waals surface area contributed by atoms with Gasteiger partial charge in [-0.15, -0.1) is 0 Å². The molecule has 0 aromatic heterocycles. The van der Waals surface area contributed by atoms with Crippen molar-refractivity contribution >= 4 is 21.7 Å². The molecule has 1 aromatic rings. The predicted octanol–water partition coefficient (Wildman–Crippen LogP) is 2.91. The topological polar surface area (TPSA) is 35.5 Å². The number of fused-ring (bicyclic) bond motifs is 1. The summed E-state index contributed by atoms with van der Waals surface area (Å²) in [7, 11) is 0. The second kappa shape index (κ2) is 4.31. The third-order valence-corrected chi connectivity index (χ3v) is 3.94. The molecule has 0 radical (unpaired) electrons. The second-order valence-corrected chi connectivity index (χ2v) is 5.61. The summed E-state index contributed by atoms with van der Waals surface area (Å²) >= 11 is 3.27. The van der Waals surface area contributed by atoms with E-state index in [-0.39, 0.29) is 6.61 Å². The van der Waals surface area contributed by atoms with Gasteiger partial charge in [-0.05, 0) is 31.0 Å². The Labute approximate surface area is 112 Å². The first-order valence-corrected chi connectivity index (χ1v) is 6.66. The number of benzene rings is 1. The lowest BCUT2D eigenvalue weighted by Gasteiger charge is -2.42. The fourth-order valence-electron chi connectivity index (χ4n) is 2.50. The summed E-state index contributed by atoms with van der Waals surface area (Å²) in [5.74, 6) is -0.0642. The monoisotopic (exact) mass is 314 g/mol. The molecule has 0 amide bonds. The van der Waals surface area contributed by atoms with Crippen LogP contribution in [0.25, 0.3) is 0 Å². The van der Waals surface area contributed by atoms with Crippen molar-refractivity contribution in [2.75, 3.05) is 13.2 Å². The summed E-state index contributed by atoms with van der Waals surface area (Å²) in [6.07, 6.45) is -0.436. The molecule has 1 saturated heterocycles. The lowest BCUT2D eigenvalue weighted by atomic mass is 9.84. The van der Waals surface area contributed by atoms with Crippen LogP contribution in [0.1, 0.15) is 23.2 Å². The van der Waals surface area contributed by atoms with Crippen LogP contribution in [-0.4, -0.2) is 30.8 Å². The smallest absolute Gasteiger partial charge is 0.204 e. The summed E-state index contributed by atoms with van der Waals surface area (Å²) in [5.41, 5.74) is -0.830. The zero-order chi connectivity index (χ0) is 12.8. The number of halogens is 2.